The maximum atomic E-state index is 12.7. The Morgan fingerprint density at radius 1 is 1.00 bits per heavy atom. The van der Waals surface area contributed by atoms with Gasteiger partial charge in [0, 0.05) is 25.2 Å². The summed E-state index contributed by atoms with van der Waals surface area (Å²) in [5, 5.41) is 2.68. The third-order valence-corrected chi connectivity index (χ3v) is 5.34. The van der Waals surface area contributed by atoms with Crippen molar-refractivity contribution in [1.29, 1.82) is 0 Å². The summed E-state index contributed by atoms with van der Waals surface area (Å²) in [6.07, 6.45) is 0.738. The van der Waals surface area contributed by atoms with Gasteiger partial charge in [0.2, 0.25) is 11.8 Å². The zero-order valence-electron chi connectivity index (χ0n) is 16.1. The molecule has 0 aromatic heterocycles. The fraction of sp³-hybridized carbons (Fsp3) is 0.273. The summed E-state index contributed by atoms with van der Waals surface area (Å²) in [4.78, 5) is 52.5. The second kappa shape index (κ2) is 7.50. The highest BCUT2D eigenvalue weighted by atomic mass is 16.2. The van der Waals surface area contributed by atoms with Gasteiger partial charge in [-0.25, -0.2) is 0 Å². The van der Waals surface area contributed by atoms with Crippen LogP contribution in [0.5, 0.6) is 0 Å². The van der Waals surface area contributed by atoms with Crippen molar-refractivity contribution in [3.63, 3.8) is 0 Å². The highest BCUT2D eigenvalue weighted by Gasteiger charge is 2.35. The molecule has 2 heterocycles. The highest BCUT2D eigenvalue weighted by Crippen LogP contribution is 2.28. The molecule has 0 bridgehead atoms. The van der Waals surface area contributed by atoms with Crippen molar-refractivity contribution in [2.24, 2.45) is 0 Å². The van der Waals surface area contributed by atoms with Gasteiger partial charge in [-0.15, -0.1) is 0 Å². The summed E-state index contributed by atoms with van der Waals surface area (Å²) in [5.74, 6) is -1.34. The number of hydrogen-bond donors (Lipinski definition) is 1. The Morgan fingerprint density at radius 3 is 2.31 bits per heavy atom. The van der Waals surface area contributed by atoms with Crippen molar-refractivity contribution >= 4 is 29.3 Å². The molecule has 0 saturated heterocycles. The third kappa shape index (κ3) is 3.40. The first-order chi connectivity index (χ1) is 14.0. The van der Waals surface area contributed by atoms with Crippen LogP contribution in [0.1, 0.15) is 39.6 Å². The van der Waals surface area contributed by atoms with E-state index >= 15 is 0 Å². The standard InChI is InChI=1S/C22H21N3O4/c1-14(20(27)24-12-10-15-6-2-5-9-18(15)24)23-19(26)11-13-25-21(28)16-7-3-4-8-17(16)22(25)29/h2-9,14H,10-13H2,1H3,(H,23,26)/t14-/m1/s1. The Hall–Kier alpha value is -3.48. The number of anilines is 1. The highest BCUT2D eigenvalue weighted by molar-refractivity contribution is 6.21. The Kier molecular flexibility index (Phi) is 4.88. The molecule has 2 aliphatic heterocycles. The number of imide groups is 1. The maximum absolute atomic E-state index is 12.7. The molecule has 0 aliphatic carbocycles. The van der Waals surface area contributed by atoms with E-state index in [9.17, 15) is 19.2 Å². The SMILES string of the molecule is C[C@@H](NC(=O)CCN1C(=O)c2ccccc2C1=O)C(=O)N1CCc2ccccc21. The lowest BCUT2D eigenvalue weighted by molar-refractivity contribution is -0.127. The molecule has 4 amide bonds. The maximum Gasteiger partial charge on any atom is 0.261 e. The van der Waals surface area contributed by atoms with Gasteiger partial charge in [-0.3, -0.25) is 24.1 Å². The quantitative estimate of drug-likeness (QED) is 0.787. The van der Waals surface area contributed by atoms with Crippen molar-refractivity contribution in [1.82, 2.24) is 10.2 Å². The molecule has 0 radical (unpaired) electrons. The zero-order chi connectivity index (χ0) is 20.5. The molecule has 0 spiro atoms. The van der Waals surface area contributed by atoms with Crippen LogP contribution in [-0.4, -0.2) is 47.7 Å². The average molecular weight is 391 g/mol. The van der Waals surface area contributed by atoms with Crippen molar-refractivity contribution in [2.45, 2.75) is 25.8 Å². The van der Waals surface area contributed by atoms with Crippen molar-refractivity contribution in [2.75, 3.05) is 18.0 Å². The first-order valence-electron chi connectivity index (χ1n) is 9.61. The van der Waals surface area contributed by atoms with Crippen LogP contribution in [0.3, 0.4) is 0 Å². The van der Waals surface area contributed by atoms with Crippen LogP contribution in [0, 0.1) is 0 Å². The Morgan fingerprint density at radius 2 is 1.62 bits per heavy atom. The summed E-state index contributed by atoms with van der Waals surface area (Å²) in [5.41, 5.74) is 2.71. The van der Waals surface area contributed by atoms with Crippen LogP contribution in [0.4, 0.5) is 5.69 Å². The van der Waals surface area contributed by atoms with E-state index < -0.39 is 17.9 Å². The van der Waals surface area contributed by atoms with Crippen molar-refractivity contribution in [3.05, 3.63) is 65.2 Å². The molecule has 2 aromatic rings. The molecule has 1 N–H and O–H groups in total. The first-order valence-corrected chi connectivity index (χ1v) is 9.61. The Bertz CT molecular complexity index is 982. The minimum atomic E-state index is -0.698. The minimum absolute atomic E-state index is 0.0222. The van der Waals surface area contributed by atoms with Crippen molar-refractivity contribution in [3.8, 4) is 0 Å². The number of rotatable bonds is 5. The number of nitrogens with one attached hydrogen (secondary N) is 1. The number of nitrogens with zero attached hydrogens (tertiary/aromatic N) is 2. The number of benzene rings is 2. The molecule has 0 unspecified atom stereocenters. The monoisotopic (exact) mass is 391 g/mol. The normalized spacial score (nSPS) is 15.9. The largest absolute Gasteiger partial charge is 0.345 e. The van der Waals surface area contributed by atoms with Gasteiger partial charge < -0.3 is 10.2 Å². The molecule has 29 heavy (non-hydrogen) atoms. The number of carbonyl (C=O) groups excluding carboxylic acids is 4. The molecule has 7 nitrogen and oxygen atoms in total. The van der Waals surface area contributed by atoms with Crippen LogP contribution < -0.4 is 10.2 Å². The van der Waals surface area contributed by atoms with Gasteiger partial charge in [0.05, 0.1) is 11.1 Å². The van der Waals surface area contributed by atoms with E-state index in [1.807, 2.05) is 24.3 Å². The number of para-hydroxylation sites is 1. The van der Waals surface area contributed by atoms with Crippen LogP contribution in [0.2, 0.25) is 0 Å². The summed E-state index contributed by atoms with van der Waals surface area (Å²) < 4.78 is 0. The molecule has 1 atom stereocenters. The number of hydrogen-bond acceptors (Lipinski definition) is 4. The van der Waals surface area contributed by atoms with Crippen LogP contribution in [-0.2, 0) is 16.0 Å². The lowest BCUT2D eigenvalue weighted by atomic mass is 10.1. The predicted molar refractivity (Wildman–Crippen MR) is 107 cm³/mol. The van der Waals surface area contributed by atoms with Gasteiger partial charge in [0.25, 0.3) is 11.8 Å². The summed E-state index contributed by atoms with van der Waals surface area (Å²) in [6.45, 7) is 2.21. The molecule has 148 valence electrons. The van der Waals surface area contributed by atoms with E-state index in [4.69, 9.17) is 0 Å². The molecule has 7 heteroatoms. The van der Waals surface area contributed by atoms with Crippen LogP contribution in [0.25, 0.3) is 0 Å². The molecular formula is C22H21N3O4. The van der Waals surface area contributed by atoms with E-state index in [0.29, 0.717) is 17.7 Å². The molecule has 2 aliphatic rings. The van der Waals surface area contributed by atoms with Gasteiger partial charge in [-0.2, -0.15) is 0 Å². The predicted octanol–water partition coefficient (Wildman–Crippen LogP) is 1.77. The summed E-state index contributed by atoms with van der Waals surface area (Å²) in [7, 11) is 0. The first kappa shape index (κ1) is 18.9. The molecular weight excluding hydrogens is 370 g/mol. The van der Waals surface area contributed by atoms with E-state index in [1.54, 1.807) is 36.1 Å². The molecule has 4 rings (SSSR count). The van der Waals surface area contributed by atoms with Crippen molar-refractivity contribution < 1.29 is 19.2 Å². The van der Waals surface area contributed by atoms with E-state index in [2.05, 4.69) is 5.32 Å². The second-order valence-corrected chi connectivity index (χ2v) is 7.22. The van der Waals surface area contributed by atoms with Crippen LogP contribution >= 0.6 is 0 Å². The van der Waals surface area contributed by atoms with Gasteiger partial charge >= 0.3 is 0 Å². The second-order valence-electron chi connectivity index (χ2n) is 7.22. The number of carbonyl (C=O) groups is 4. The number of fused-ring (bicyclic) bond motifs is 2. The topological polar surface area (TPSA) is 86.8 Å². The van der Waals surface area contributed by atoms with Gasteiger partial charge in [0.1, 0.15) is 6.04 Å². The third-order valence-electron chi connectivity index (χ3n) is 5.34. The lowest BCUT2D eigenvalue weighted by Gasteiger charge is -2.22. The Balaban J connectivity index is 1.33. The minimum Gasteiger partial charge on any atom is -0.345 e. The summed E-state index contributed by atoms with van der Waals surface area (Å²) in [6, 6.07) is 13.6. The van der Waals surface area contributed by atoms with E-state index in [1.165, 1.54) is 0 Å². The molecule has 2 aromatic carbocycles. The Labute approximate surface area is 168 Å². The average Bonchev–Trinajstić information content (AvgIpc) is 3.26. The number of amides is 4. The fourth-order valence-electron chi connectivity index (χ4n) is 3.83. The fourth-order valence-corrected chi connectivity index (χ4v) is 3.83. The molecule has 0 fully saturated rings. The van der Waals surface area contributed by atoms with E-state index in [-0.39, 0.29) is 24.8 Å². The lowest BCUT2D eigenvalue weighted by Crippen LogP contribution is -2.47. The van der Waals surface area contributed by atoms with Gasteiger partial charge in [-0.05, 0) is 37.1 Å². The van der Waals surface area contributed by atoms with E-state index in [0.717, 1.165) is 22.6 Å². The van der Waals surface area contributed by atoms with Crippen LogP contribution in [0.15, 0.2) is 48.5 Å². The van der Waals surface area contributed by atoms with Gasteiger partial charge in [0.15, 0.2) is 0 Å². The zero-order valence-corrected chi connectivity index (χ0v) is 16.1. The van der Waals surface area contributed by atoms with Gasteiger partial charge in [-0.1, -0.05) is 30.3 Å². The summed E-state index contributed by atoms with van der Waals surface area (Å²) >= 11 is 0. The smallest absolute Gasteiger partial charge is 0.261 e. The molecule has 0 saturated carbocycles.